The molecule has 1 aromatic rings. The van der Waals surface area contributed by atoms with Gasteiger partial charge in [0.05, 0.1) is 29.2 Å². The smallest absolute Gasteiger partial charge is 0.251 e. The fraction of sp³-hybridized carbons (Fsp3) is 0.606. The monoisotopic (exact) mass is 581 g/mol. The average molecular weight is 582 g/mol. The topological polar surface area (TPSA) is 81.2 Å². The summed E-state index contributed by atoms with van der Waals surface area (Å²) in [5.41, 5.74) is 2.78. The number of rotatable bonds is 13. The maximum Gasteiger partial charge on any atom is 0.251 e. The number of aryl methyl sites for hydroxylation is 2. The predicted octanol–water partition coefficient (Wildman–Crippen LogP) is 4.75. The summed E-state index contributed by atoms with van der Waals surface area (Å²) < 4.78 is -0.720. The van der Waals surface area contributed by atoms with Gasteiger partial charge in [0.1, 0.15) is 6.04 Å². The Hall–Kier alpha value is -2.58. The summed E-state index contributed by atoms with van der Waals surface area (Å²) in [6, 6.07) is 4.67. The molecule has 3 heterocycles. The van der Waals surface area contributed by atoms with E-state index < -0.39 is 28.7 Å². The van der Waals surface area contributed by atoms with Crippen molar-refractivity contribution in [3.8, 4) is 0 Å². The van der Waals surface area contributed by atoms with Crippen LogP contribution in [-0.4, -0.2) is 80.9 Å². The molecule has 0 saturated carbocycles. The van der Waals surface area contributed by atoms with Gasteiger partial charge in [0, 0.05) is 30.6 Å². The highest BCUT2D eigenvalue weighted by Crippen LogP contribution is 2.67. The van der Waals surface area contributed by atoms with E-state index in [0.717, 1.165) is 36.1 Å². The first-order valence-electron chi connectivity index (χ1n) is 15.1. The first kappa shape index (κ1) is 31.4. The number of hydrogen-bond acceptors (Lipinski definition) is 5. The van der Waals surface area contributed by atoms with Crippen LogP contribution in [0.25, 0.3) is 0 Å². The predicted molar refractivity (Wildman–Crippen MR) is 167 cm³/mol. The van der Waals surface area contributed by atoms with Crippen LogP contribution >= 0.6 is 11.8 Å². The Balaban J connectivity index is 1.86. The second-order valence-electron chi connectivity index (χ2n) is 12.0. The minimum atomic E-state index is -0.781. The van der Waals surface area contributed by atoms with Gasteiger partial charge >= 0.3 is 0 Å². The third-order valence-electron chi connectivity index (χ3n) is 9.54. The second kappa shape index (κ2) is 12.7. The largest absolute Gasteiger partial charge is 0.394 e. The standard InChI is InChI=1S/C33H47N3O4S/c1-8-17-34(18-9-2)30(38)26-25-15-16-33(41-25)27(26)31(39)36(24(20-37)21(5)11-4)29(33)32(40)35(19-10-3)28-22(6)13-12-14-23(28)7/h8,10,12-14,21,24-27,29,37H,1,3,9,11,15-20H2,2,4-7H3/t21-,24-,25+,26-,27-,29?,33?/m0/s1. The highest BCUT2D eigenvalue weighted by molar-refractivity contribution is 8.02. The molecule has 224 valence electrons. The van der Waals surface area contributed by atoms with Gasteiger partial charge in [-0.2, -0.15) is 0 Å². The Morgan fingerprint density at radius 1 is 1.17 bits per heavy atom. The van der Waals surface area contributed by atoms with Crippen molar-refractivity contribution >= 4 is 35.2 Å². The molecule has 7 atom stereocenters. The molecule has 3 saturated heterocycles. The van der Waals surface area contributed by atoms with Gasteiger partial charge in [-0.05, 0) is 50.2 Å². The van der Waals surface area contributed by atoms with Gasteiger partial charge in [0.2, 0.25) is 11.8 Å². The zero-order valence-corrected chi connectivity index (χ0v) is 26.2. The third kappa shape index (κ3) is 5.16. The summed E-state index contributed by atoms with van der Waals surface area (Å²) in [5.74, 6) is -1.44. The minimum absolute atomic E-state index is 0.0118. The van der Waals surface area contributed by atoms with Crippen LogP contribution < -0.4 is 4.90 Å². The van der Waals surface area contributed by atoms with E-state index in [-0.39, 0.29) is 35.5 Å². The first-order chi connectivity index (χ1) is 19.6. The SMILES string of the molecule is C=CCN(CCC)C(=O)[C@@H]1[C@H]2C(=O)N([C@@H](CO)[C@@H](C)CC)C(C(=O)N(CC=C)c3c(C)cccc3C)C23CC[C@H]1S3. The Kier molecular flexibility index (Phi) is 9.74. The number of aliphatic hydroxyl groups excluding tert-OH is 1. The molecule has 8 heteroatoms. The summed E-state index contributed by atoms with van der Waals surface area (Å²) in [7, 11) is 0. The van der Waals surface area contributed by atoms with Gasteiger partial charge in [-0.15, -0.1) is 24.9 Å². The van der Waals surface area contributed by atoms with E-state index in [2.05, 4.69) is 13.2 Å². The third-order valence-corrected chi connectivity index (χ3v) is 11.5. The molecule has 0 aliphatic carbocycles. The van der Waals surface area contributed by atoms with Crippen molar-refractivity contribution in [2.45, 2.75) is 82.4 Å². The lowest BCUT2D eigenvalue weighted by molar-refractivity contribution is -0.146. The number of thioether (sulfide) groups is 1. The van der Waals surface area contributed by atoms with Crippen molar-refractivity contribution in [2.24, 2.45) is 17.8 Å². The molecule has 1 N–H and O–H groups in total. The Morgan fingerprint density at radius 3 is 2.39 bits per heavy atom. The summed E-state index contributed by atoms with van der Waals surface area (Å²) in [4.78, 5) is 49.0. The van der Waals surface area contributed by atoms with E-state index in [0.29, 0.717) is 26.1 Å². The lowest BCUT2D eigenvalue weighted by atomic mass is 9.70. The van der Waals surface area contributed by atoms with Gasteiger partial charge in [0.25, 0.3) is 5.91 Å². The molecular weight excluding hydrogens is 534 g/mol. The van der Waals surface area contributed by atoms with Crippen molar-refractivity contribution in [3.63, 3.8) is 0 Å². The molecule has 0 radical (unpaired) electrons. The van der Waals surface area contributed by atoms with Gasteiger partial charge in [0.15, 0.2) is 0 Å². The lowest BCUT2D eigenvalue weighted by Crippen LogP contribution is -2.59. The van der Waals surface area contributed by atoms with Crippen molar-refractivity contribution in [3.05, 3.63) is 54.6 Å². The molecule has 2 unspecified atom stereocenters. The Labute approximate surface area is 250 Å². The number of carbonyl (C=O) groups excluding carboxylic acids is 3. The zero-order chi connectivity index (χ0) is 30.1. The van der Waals surface area contributed by atoms with E-state index in [9.17, 15) is 19.5 Å². The normalized spacial score (nSPS) is 27.9. The summed E-state index contributed by atoms with van der Waals surface area (Å²) in [5, 5.41) is 10.6. The van der Waals surface area contributed by atoms with Crippen molar-refractivity contribution in [1.29, 1.82) is 0 Å². The summed E-state index contributed by atoms with van der Waals surface area (Å²) in [6.45, 7) is 19.0. The van der Waals surface area contributed by atoms with Crippen LogP contribution in [0.15, 0.2) is 43.5 Å². The number of benzene rings is 1. The van der Waals surface area contributed by atoms with E-state index in [4.69, 9.17) is 0 Å². The number of fused-ring (bicyclic) bond motifs is 1. The van der Waals surface area contributed by atoms with E-state index in [1.807, 2.05) is 57.7 Å². The van der Waals surface area contributed by atoms with Gasteiger partial charge in [-0.1, -0.05) is 57.5 Å². The highest BCUT2D eigenvalue weighted by atomic mass is 32.2. The minimum Gasteiger partial charge on any atom is -0.394 e. The maximum atomic E-state index is 14.9. The quantitative estimate of drug-likeness (QED) is 0.340. The highest BCUT2D eigenvalue weighted by Gasteiger charge is 2.74. The molecule has 41 heavy (non-hydrogen) atoms. The molecule has 0 aromatic heterocycles. The van der Waals surface area contributed by atoms with Crippen LogP contribution in [0, 0.1) is 31.6 Å². The van der Waals surface area contributed by atoms with Gasteiger partial charge in [-0.3, -0.25) is 14.4 Å². The van der Waals surface area contributed by atoms with Crippen LogP contribution in [0.2, 0.25) is 0 Å². The molecule has 3 amide bonds. The van der Waals surface area contributed by atoms with Crippen molar-refractivity contribution in [1.82, 2.24) is 9.80 Å². The summed E-state index contributed by atoms with van der Waals surface area (Å²) >= 11 is 1.68. The van der Waals surface area contributed by atoms with E-state index in [1.54, 1.807) is 33.7 Å². The van der Waals surface area contributed by atoms with Crippen LogP contribution in [0.3, 0.4) is 0 Å². The van der Waals surface area contributed by atoms with Crippen molar-refractivity contribution < 1.29 is 19.5 Å². The molecule has 2 bridgehead atoms. The van der Waals surface area contributed by atoms with Crippen LogP contribution in [0.5, 0.6) is 0 Å². The maximum absolute atomic E-state index is 14.9. The van der Waals surface area contributed by atoms with E-state index >= 15 is 0 Å². The molecule has 1 spiro atoms. The molecule has 3 fully saturated rings. The molecule has 7 nitrogen and oxygen atoms in total. The summed E-state index contributed by atoms with van der Waals surface area (Å²) in [6.07, 6.45) is 6.51. The Bertz CT molecular complexity index is 1170. The number of nitrogens with zero attached hydrogens (tertiary/aromatic N) is 3. The fourth-order valence-electron chi connectivity index (χ4n) is 7.55. The number of likely N-dealkylation sites (tertiary alicyclic amines) is 1. The zero-order valence-electron chi connectivity index (χ0n) is 25.3. The second-order valence-corrected chi connectivity index (χ2v) is 13.6. The number of amides is 3. The van der Waals surface area contributed by atoms with Crippen molar-refractivity contribution in [2.75, 3.05) is 31.1 Å². The van der Waals surface area contributed by atoms with E-state index in [1.165, 1.54) is 0 Å². The molecular formula is C33H47N3O4S. The molecule has 3 aliphatic heterocycles. The molecule has 4 rings (SSSR count). The lowest BCUT2D eigenvalue weighted by Gasteiger charge is -2.41. The number of para-hydroxylation sites is 1. The Morgan fingerprint density at radius 2 is 1.83 bits per heavy atom. The number of aliphatic hydroxyl groups is 1. The number of carbonyl (C=O) groups is 3. The van der Waals surface area contributed by atoms with Crippen LogP contribution in [0.1, 0.15) is 57.6 Å². The number of hydrogen-bond donors (Lipinski definition) is 1. The first-order valence-corrected chi connectivity index (χ1v) is 16.0. The molecule has 1 aromatic carbocycles. The number of anilines is 1. The fourth-order valence-corrected chi connectivity index (χ4v) is 9.74. The van der Waals surface area contributed by atoms with Crippen LogP contribution in [-0.2, 0) is 14.4 Å². The average Bonchev–Trinajstić information content (AvgIpc) is 3.59. The molecule has 3 aliphatic rings. The van der Waals surface area contributed by atoms with Gasteiger partial charge < -0.3 is 19.8 Å². The van der Waals surface area contributed by atoms with Crippen LogP contribution in [0.4, 0.5) is 5.69 Å². The van der Waals surface area contributed by atoms with Gasteiger partial charge in [-0.25, -0.2) is 0 Å².